The second kappa shape index (κ2) is 9.56. The number of ether oxygens (including phenoxy) is 1. The minimum absolute atomic E-state index is 0.181. The molecule has 0 unspecified atom stereocenters. The fraction of sp³-hybridized carbons (Fsp3) is 0.393. The van der Waals surface area contributed by atoms with Crippen LogP contribution in [0.5, 0.6) is 0 Å². The normalized spacial score (nSPS) is 11.8. The van der Waals surface area contributed by atoms with Crippen molar-refractivity contribution in [3.05, 3.63) is 64.1 Å². The van der Waals surface area contributed by atoms with Crippen molar-refractivity contribution in [2.45, 2.75) is 66.5 Å². The summed E-state index contributed by atoms with van der Waals surface area (Å²) in [5, 5.41) is 0.952. The van der Waals surface area contributed by atoms with Crippen LogP contribution in [0, 0.1) is 6.92 Å². The Morgan fingerprint density at radius 2 is 1.83 bits per heavy atom. The molecule has 2 heterocycles. The van der Waals surface area contributed by atoms with Crippen LogP contribution in [0.3, 0.4) is 0 Å². The fourth-order valence-electron chi connectivity index (χ4n) is 4.48. The molecule has 2 aromatic heterocycles. The first kappa shape index (κ1) is 24.5. The maximum absolute atomic E-state index is 14.0. The first-order valence-electron chi connectivity index (χ1n) is 12.2. The van der Waals surface area contributed by atoms with Crippen molar-refractivity contribution in [2.24, 2.45) is 0 Å². The van der Waals surface area contributed by atoms with Gasteiger partial charge in [-0.15, -0.1) is 0 Å². The van der Waals surface area contributed by atoms with E-state index in [9.17, 15) is 9.59 Å². The van der Waals surface area contributed by atoms with Crippen molar-refractivity contribution in [1.29, 1.82) is 0 Å². The van der Waals surface area contributed by atoms with Gasteiger partial charge in [-0.3, -0.25) is 18.8 Å². The van der Waals surface area contributed by atoms with Gasteiger partial charge in [-0.25, -0.2) is 4.98 Å². The number of aryl methyl sites for hydroxylation is 1. The average Bonchev–Trinajstić information content (AvgIpc) is 3.11. The summed E-state index contributed by atoms with van der Waals surface area (Å²) in [6.45, 7) is 12.3. The molecule has 184 valence electrons. The minimum Gasteiger partial charge on any atom is -0.459 e. The van der Waals surface area contributed by atoms with Crippen molar-refractivity contribution >= 4 is 27.9 Å². The number of rotatable bonds is 7. The number of hydrogen-bond acceptors (Lipinski definition) is 5. The van der Waals surface area contributed by atoms with Crippen LogP contribution in [0.25, 0.3) is 33.2 Å². The molecule has 0 spiro atoms. The minimum atomic E-state index is -0.642. The van der Waals surface area contributed by atoms with E-state index in [2.05, 4.69) is 23.9 Å². The summed E-state index contributed by atoms with van der Waals surface area (Å²) >= 11 is 0. The van der Waals surface area contributed by atoms with Crippen LogP contribution in [-0.2, 0) is 22.5 Å². The lowest BCUT2D eigenvalue weighted by molar-refractivity contribution is -0.155. The second-order valence-corrected chi connectivity index (χ2v) is 9.87. The highest BCUT2D eigenvalue weighted by atomic mass is 16.6. The number of esters is 1. The number of hydrogen-bond donors (Lipinski definition) is 1. The van der Waals surface area contributed by atoms with Gasteiger partial charge < -0.3 is 10.2 Å². The molecule has 0 fully saturated rings. The molecule has 0 radical (unpaired) electrons. The molecular weight excluding hydrogens is 440 g/mol. The largest absolute Gasteiger partial charge is 0.459 e. The second-order valence-electron chi connectivity index (χ2n) is 9.87. The summed E-state index contributed by atoms with van der Waals surface area (Å²) in [6, 6.07) is 13.8. The monoisotopic (exact) mass is 474 g/mol. The fourth-order valence-corrected chi connectivity index (χ4v) is 4.48. The van der Waals surface area contributed by atoms with Gasteiger partial charge in [0.25, 0.3) is 5.56 Å². The molecule has 2 aromatic carbocycles. The lowest BCUT2D eigenvalue weighted by atomic mass is 10.1. The zero-order valence-electron chi connectivity index (χ0n) is 21.4. The van der Waals surface area contributed by atoms with Gasteiger partial charge in [-0.2, -0.15) is 0 Å². The summed E-state index contributed by atoms with van der Waals surface area (Å²) in [5.41, 5.74) is 7.99. The van der Waals surface area contributed by atoms with Crippen molar-refractivity contribution in [2.75, 3.05) is 12.0 Å². The van der Waals surface area contributed by atoms with Crippen LogP contribution < -0.4 is 11.0 Å². The Hall–Kier alpha value is -3.61. The summed E-state index contributed by atoms with van der Waals surface area (Å²) in [7, 11) is 0. The maximum Gasteiger partial charge on any atom is 0.326 e. The Morgan fingerprint density at radius 3 is 2.51 bits per heavy atom. The Morgan fingerprint density at radius 1 is 1.09 bits per heavy atom. The Balaban J connectivity index is 2.01. The van der Waals surface area contributed by atoms with Crippen LogP contribution in [0.4, 0.5) is 0 Å². The smallest absolute Gasteiger partial charge is 0.326 e. The van der Waals surface area contributed by atoms with Crippen LogP contribution in [0.1, 0.15) is 52.3 Å². The topological polar surface area (TPSA) is 78.2 Å². The van der Waals surface area contributed by atoms with Crippen LogP contribution >= 0.6 is 0 Å². The van der Waals surface area contributed by atoms with E-state index in [1.807, 2.05) is 70.2 Å². The molecule has 0 amide bonds. The van der Waals surface area contributed by atoms with Gasteiger partial charge in [0.15, 0.2) is 0 Å². The van der Waals surface area contributed by atoms with E-state index in [-0.39, 0.29) is 12.1 Å². The maximum atomic E-state index is 14.0. The van der Waals surface area contributed by atoms with E-state index >= 15 is 0 Å². The molecule has 0 aliphatic rings. The van der Waals surface area contributed by atoms with Crippen molar-refractivity contribution < 1.29 is 9.53 Å². The number of carbonyl (C=O) groups is 1. The third-order valence-electron chi connectivity index (χ3n) is 5.87. The SMILES string of the molecule is CCCNn1c(CC)c(-c2nc3cc(C)ccc3n(CC(=O)OC(C)(C)C)c2=O)c2ccccc21. The molecule has 35 heavy (non-hydrogen) atoms. The Kier molecular flexibility index (Phi) is 6.70. The highest BCUT2D eigenvalue weighted by Crippen LogP contribution is 2.33. The van der Waals surface area contributed by atoms with E-state index in [4.69, 9.17) is 9.72 Å². The van der Waals surface area contributed by atoms with Gasteiger partial charge in [0, 0.05) is 17.5 Å². The van der Waals surface area contributed by atoms with E-state index < -0.39 is 11.6 Å². The zero-order valence-corrected chi connectivity index (χ0v) is 21.4. The van der Waals surface area contributed by atoms with Crippen molar-refractivity contribution in [3.8, 4) is 11.3 Å². The first-order valence-corrected chi connectivity index (χ1v) is 12.2. The van der Waals surface area contributed by atoms with Crippen LogP contribution in [0.15, 0.2) is 47.3 Å². The van der Waals surface area contributed by atoms with Gasteiger partial charge in [-0.05, 0) is 64.3 Å². The predicted molar refractivity (Wildman–Crippen MR) is 141 cm³/mol. The van der Waals surface area contributed by atoms with Crippen molar-refractivity contribution in [1.82, 2.24) is 14.2 Å². The molecule has 0 atom stereocenters. The quantitative estimate of drug-likeness (QED) is 0.373. The lowest BCUT2D eigenvalue weighted by Gasteiger charge is -2.20. The molecule has 7 nitrogen and oxygen atoms in total. The summed E-state index contributed by atoms with van der Waals surface area (Å²) in [4.78, 5) is 31.6. The van der Waals surface area contributed by atoms with Gasteiger partial charge in [0.1, 0.15) is 17.8 Å². The number of fused-ring (bicyclic) bond motifs is 2. The molecular formula is C28H34N4O3. The summed E-state index contributed by atoms with van der Waals surface area (Å²) in [5.74, 6) is -0.457. The molecule has 7 heteroatoms. The van der Waals surface area contributed by atoms with E-state index in [1.165, 1.54) is 4.57 Å². The molecule has 0 aliphatic heterocycles. The zero-order chi connectivity index (χ0) is 25.3. The number of para-hydroxylation sites is 1. The summed E-state index contributed by atoms with van der Waals surface area (Å²) < 4.78 is 9.12. The van der Waals surface area contributed by atoms with Crippen LogP contribution in [-0.4, -0.2) is 32.3 Å². The molecule has 0 saturated carbocycles. The van der Waals surface area contributed by atoms with Gasteiger partial charge in [-0.1, -0.05) is 38.1 Å². The number of nitrogens with zero attached hydrogens (tertiary/aromatic N) is 3. The molecule has 4 rings (SSSR count). The number of carbonyl (C=O) groups excluding carboxylic acids is 1. The van der Waals surface area contributed by atoms with Gasteiger partial charge >= 0.3 is 5.97 Å². The van der Waals surface area contributed by atoms with E-state index in [0.29, 0.717) is 23.1 Å². The average molecular weight is 475 g/mol. The standard InChI is InChI=1S/C28H34N4O3/c1-7-15-29-32-21(8-2)25(19-11-9-10-12-22(19)32)26-27(34)31(17-24(33)35-28(4,5)6)23-14-13-18(3)16-20(23)30-26/h9-14,16,29H,7-8,15,17H2,1-6H3. The molecule has 1 N–H and O–H groups in total. The number of nitrogens with one attached hydrogen (secondary N) is 1. The molecule has 0 aliphatic carbocycles. The Bertz CT molecular complexity index is 1460. The van der Waals surface area contributed by atoms with Gasteiger partial charge in [0.2, 0.25) is 0 Å². The van der Waals surface area contributed by atoms with Crippen molar-refractivity contribution in [3.63, 3.8) is 0 Å². The molecule has 0 saturated heterocycles. The van der Waals surface area contributed by atoms with E-state index in [0.717, 1.165) is 40.7 Å². The van der Waals surface area contributed by atoms with E-state index in [1.54, 1.807) is 0 Å². The lowest BCUT2D eigenvalue weighted by Crippen LogP contribution is -2.32. The van der Waals surface area contributed by atoms with Gasteiger partial charge in [0.05, 0.1) is 22.2 Å². The predicted octanol–water partition coefficient (Wildman–Crippen LogP) is 5.18. The highest BCUT2D eigenvalue weighted by Gasteiger charge is 2.24. The number of aromatic nitrogens is 3. The highest BCUT2D eigenvalue weighted by molar-refractivity contribution is 5.98. The third-order valence-corrected chi connectivity index (χ3v) is 5.87. The summed E-state index contributed by atoms with van der Waals surface area (Å²) in [6.07, 6.45) is 1.68. The third kappa shape index (κ3) is 4.81. The first-order chi connectivity index (χ1) is 16.6. The molecule has 4 aromatic rings. The molecule has 0 bridgehead atoms. The Labute approximate surface area is 205 Å². The number of benzene rings is 2. The van der Waals surface area contributed by atoms with Crippen LogP contribution in [0.2, 0.25) is 0 Å².